The van der Waals surface area contributed by atoms with Crippen LogP contribution in [0.15, 0.2) is 81.8 Å². The van der Waals surface area contributed by atoms with Crippen LogP contribution < -0.4 is 0 Å². The molecule has 0 saturated heterocycles. The first-order valence-electron chi connectivity index (χ1n) is 8.43. The van der Waals surface area contributed by atoms with Gasteiger partial charge in [0.05, 0.1) is 5.39 Å². The van der Waals surface area contributed by atoms with Gasteiger partial charge in [-0.05, 0) is 18.2 Å². The van der Waals surface area contributed by atoms with Crippen LogP contribution >= 0.6 is 0 Å². The smallest absolute Gasteiger partial charge is 0.230 e. The molecule has 6 rings (SSSR count). The molecule has 0 amide bonds. The number of para-hydroxylation sites is 1. The fourth-order valence-corrected chi connectivity index (χ4v) is 3.60. The van der Waals surface area contributed by atoms with E-state index in [9.17, 15) is 0 Å². The van der Waals surface area contributed by atoms with E-state index in [1.165, 1.54) is 0 Å². The maximum atomic E-state index is 6.05. The topological polar surface area (TPSA) is 52.1 Å². The fourth-order valence-electron chi connectivity index (χ4n) is 3.60. The van der Waals surface area contributed by atoms with Gasteiger partial charge >= 0.3 is 0 Å². The molecule has 0 saturated carbocycles. The zero-order chi connectivity index (χ0) is 17.1. The Labute approximate surface area is 147 Å². The SMILES string of the molecule is c1ccc(-c2ncc3c(n2)oc2ccc4oc5ccccc5c4c23)cc1. The number of nitrogens with zero attached hydrogens (tertiary/aromatic N) is 2. The van der Waals surface area contributed by atoms with Crippen molar-refractivity contribution in [3.05, 3.63) is 72.9 Å². The van der Waals surface area contributed by atoms with E-state index in [1.54, 1.807) is 0 Å². The first-order valence-corrected chi connectivity index (χ1v) is 8.43. The molecular formula is C22H12N2O2. The van der Waals surface area contributed by atoms with E-state index in [-0.39, 0.29) is 0 Å². The monoisotopic (exact) mass is 336 g/mol. The Balaban J connectivity index is 1.73. The van der Waals surface area contributed by atoms with Gasteiger partial charge in [0.1, 0.15) is 16.7 Å². The molecule has 6 aromatic rings. The van der Waals surface area contributed by atoms with Gasteiger partial charge in [-0.15, -0.1) is 0 Å². The van der Waals surface area contributed by atoms with Gasteiger partial charge in [0, 0.05) is 27.9 Å². The zero-order valence-corrected chi connectivity index (χ0v) is 13.6. The lowest BCUT2D eigenvalue weighted by Crippen LogP contribution is -1.87. The Kier molecular flexibility index (Phi) is 2.58. The van der Waals surface area contributed by atoms with Gasteiger partial charge in [-0.25, -0.2) is 4.98 Å². The molecule has 0 bridgehead atoms. The normalized spacial score (nSPS) is 11.8. The zero-order valence-electron chi connectivity index (χ0n) is 13.6. The molecule has 0 fully saturated rings. The summed E-state index contributed by atoms with van der Waals surface area (Å²) >= 11 is 0. The van der Waals surface area contributed by atoms with Crippen LogP contribution in [0.25, 0.3) is 55.4 Å². The molecule has 0 aliphatic rings. The number of rotatable bonds is 1. The first kappa shape index (κ1) is 13.6. The van der Waals surface area contributed by atoms with Crippen LogP contribution in [-0.2, 0) is 0 Å². The summed E-state index contributed by atoms with van der Waals surface area (Å²) in [7, 11) is 0. The third kappa shape index (κ3) is 1.78. The highest BCUT2D eigenvalue weighted by Gasteiger charge is 2.17. The van der Waals surface area contributed by atoms with Crippen LogP contribution in [-0.4, -0.2) is 9.97 Å². The fraction of sp³-hybridized carbons (Fsp3) is 0. The molecule has 0 radical (unpaired) electrons. The van der Waals surface area contributed by atoms with Crippen molar-refractivity contribution in [2.45, 2.75) is 0 Å². The summed E-state index contributed by atoms with van der Waals surface area (Å²) in [6.45, 7) is 0. The average Bonchev–Trinajstić information content (AvgIpc) is 3.25. The quantitative estimate of drug-likeness (QED) is 0.373. The molecule has 0 aliphatic carbocycles. The van der Waals surface area contributed by atoms with E-state index in [2.05, 4.69) is 16.0 Å². The van der Waals surface area contributed by atoms with Gasteiger partial charge in [-0.1, -0.05) is 48.5 Å². The molecule has 0 atom stereocenters. The molecule has 3 heterocycles. The van der Waals surface area contributed by atoms with Crippen molar-refractivity contribution in [1.82, 2.24) is 9.97 Å². The van der Waals surface area contributed by atoms with Gasteiger partial charge in [0.2, 0.25) is 5.71 Å². The Hall–Kier alpha value is -3.66. The van der Waals surface area contributed by atoms with E-state index < -0.39 is 0 Å². The largest absolute Gasteiger partial charge is 0.456 e. The Morgan fingerprint density at radius 2 is 1.35 bits per heavy atom. The van der Waals surface area contributed by atoms with Crippen molar-refractivity contribution in [1.29, 1.82) is 0 Å². The summed E-state index contributed by atoms with van der Waals surface area (Å²) < 4.78 is 12.0. The Bertz CT molecular complexity index is 1430. The highest BCUT2D eigenvalue weighted by molar-refractivity contribution is 6.25. The lowest BCUT2D eigenvalue weighted by molar-refractivity contribution is 0.651. The number of aromatic nitrogens is 2. The maximum Gasteiger partial charge on any atom is 0.230 e. The summed E-state index contributed by atoms with van der Waals surface area (Å²) in [6, 6.07) is 21.8. The molecule has 0 spiro atoms. The van der Waals surface area contributed by atoms with E-state index in [1.807, 2.05) is 66.9 Å². The molecule has 3 aromatic carbocycles. The molecule has 3 aromatic heterocycles. The predicted molar refractivity (Wildman–Crippen MR) is 102 cm³/mol. The standard InChI is InChI=1S/C22H12N2O2/c1-2-6-13(7-3-1)21-23-12-15-20-18(26-22(15)24-21)11-10-17-19(20)14-8-4-5-9-16(14)25-17/h1-12H. The number of hydrogen-bond donors (Lipinski definition) is 0. The highest BCUT2D eigenvalue weighted by Crippen LogP contribution is 2.39. The van der Waals surface area contributed by atoms with Gasteiger partial charge in [-0.2, -0.15) is 4.98 Å². The van der Waals surface area contributed by atoms with E-state index in [0.29, 0.717) is 11.5 Å². The average molecular weight is 336 g/mol. The minimum atomic E-state index is 0.589. The lowest BCUT2D eigenvalue weighted by Gasteiger charge is -1.98. The van der Waals surface area contributed by atoms with Crippen molar-refractivity contribution < 1.29 is 8.83 Å². The number of benzene rings is 3. The predicted octanol–water partition coefficient (Wildman–Crippen LogP) is 5.94. The van der Waals surface area contributed by atoms with E-state index in [0.717, 1.165) is 43.9 Å². The second kappa shape index (κ2) is 4.92. The van der Waals surface area contributed by atoms with Gasteiger partial charge in [0.15, 0.2) is 5.82 Å². The second-order valence-corrected chi connectivity index (χ2v) is 6.29. The van der Waals surface area contributed by atoms with Crippen molar-refractivity contribution in [3.63, 3.8) is 0 Å². The number of furan rings is 2. The van der Waals surface area contributed by atoms with Crippen LogP contribution in [0.5, 0.6) is 0 Å². The molecule has 26 heavy (non-hydrogen) atoms. The summed E-state index contributed by atoms with van der Waals surface area (Å²) in [4.78, 5) is 9.21. The van der Waals surface area contributed by atoms with Crippen molar-refractivity contribution in [2.75, 3.05) is 0 Å². The molecular weight excluding hydrogens is 324 g/mol. The summed E-state index contributed by atoms with van der Waals surface area (Å²) in [5.74, 6) is 0.658. The number of fused-ring (bicyclic) bond motifs is 7. The van der Waals surface area contributed by atoms with E-state index >= 15 is 0 Å². The first-order chi connectivity index (χ1) is 12.9. The molecule has 0 aliphatic heterocycles. The van der Waals surface area contributed by atoms with Gasteiger partial charge in [0.25, 0.3) is 0 Å². The summed E-state index contributed by atoms with van der Waals surface area (Å²) in [5.41, 5.74) is 4.05. The van der Waals surface area contributed by atoms with Crippen LogP contribution in [0.1, 0.15) is 0 Å². The molecule has 4 heteroatoms. The lowest BCUT2D eigenvalue weighted by atomic mass is 10.1. The summed E-state index contributed by atoms with van der Waals surface area (Å²) in [6.07, 6.45) is 1.84. The third-order valence-corrected chi connectivity index (χ3v) is 4.77. The number of hydrogen-bond acceptors (Lipinski definition) is 4. The Morgan fingerprint density at radius 1 is 0.615 bits per heavy atom. The minimum Gasteiger partial charge on any atom is -0.456 e. The molecule has 4 nitrogen and oxygen atoms in total. The van der Waals surface area contributed by atoms with Crippen LogP contribution in [0.3, 0.4) is 0 Å². The van der Waals surface area contributed by atoms with Crippen LogP contribution in [0.2, 0.25) is 0 Å². The Morgan fingerprint density at radius 3 is 2.23 bits per heavy atom. The van der Waals surface area contributed by atoms with Gasteiger partial charge in [-0.3, -0.25) is 0 Å². The molecule has 122 valence electrons. The van der Waals surface area contributed by atoms with Crippen molar-refractivity contribution >= 4 is 44.0 Å². The van der Waals surface area contributed by atoms with Gasteiger partial charge < -0.3 is 8.83 Å². The highest BCUT2D eigenvalue weighted by atomic mass is 16.3. The maximum absolute atomic E-state index is 6.05. The van der Waals surface area contributed by atoms with Crippen molar-refractivity contribution in [2.24, 2.45) is 0 Å². The molecule has 0 unspecified atom stereocenters. The van der Waals surface area contributed by atoms with Crippen LogP contribution in [0.4, 0.5) is 0 Å². The van der Waals surface area contributed by atoms with E-state index in [4.69, 9.17) is 8.83 Å². The third-order valence-electron chi connectivity index (χ3n) is 4.77. The van der Waals surface area contributed by atoms with Crippen molar-refractivity contribution in [3.8, 4) is 11.4 Å². The second-order valence-electron chi connectivity index (χ2n) is 6.29. The molecule has 0 N–H and O–H groups in total. The summed E-state index contributed by atoms with van der Waals surface area (Å²) in [5, 5.41) is 4.02. The van der Waals surface area contributed by atoms with Crippen LogP contribution in [0, 0.1) is 0 Å². The minimum absolute atomic E-state index is 0.589.